The summed E-state index contributed by atoms with van der Waals surface area (Å²) in [4.78, 5) is 37.5. The number of aliphatic hydroxyl groups is 4. The van der Waals surface area contributed by atoms with Gasteiger partial charge < -0.3 is 35.4 Å². The average Bonchev–Trinajstić information content (AvgIpc) is 3.43. The molecule has 0 radical (unpaired) electrons. The number of nitrogens with one attached hydrogen (secondary N) is 1. The van der Waals surface area contributed by atoms with Gasteiger partial charge in [0.2, 0.25) is 0 Å². The van der Waals surface area contributed by atoms with Gasteiger partial charge >= 0.3 is 5.97 Å². The second kappa shape index (κ2) is 18.5. The summed E-state index contributed by atoms with van der Waals surface area (Å²) in [6, 6.07) is 24.6. The SMILES string of the molecule is CC(C)c1c(C(=O)Nc2ccccc2)c(-c2ccccc2)c(-c2ccc(F)cc2)n1CC[C@@H](O)C[C@@H](O)CC(=O)CC[C@@H](O)C[C@@H](O)CC(=O)O. The number of hydrogen-bond acceptors (Lipinski definition) is 7. The molecule has 10 nitrogen and oxygen atoms in total. The van der Waals surface area contributed by atoms with Gasteiger partial charge in [-0.3, -0.25) is 14.4 Å². The summed E-state index contributed by atoms with van der Waals surface area (Å²) in [7, 11) is 0. The molecule has 4 aromatic rings. The van der Waals surface area contributed by atoms with E-state index in [2.05, 4.69) is 5.32 Å². The Morgan fingerprint density at radius 2 is 1.29 bits per heavy atom. The smallest absolute Gasteiger partial charge is 0.305 e. The molecule has 6 N–H and O–H groups in total. The van der Waals surface area contributed by atoms with Crippen molar-refractivity contribution >= 4 is 23.3 Å². The molecule has 4 atom stereocenters. The zero-order valence-corrected chi connectivity index (χ0v) is 28.9. The topological polar surface area (TPSA) is 169 Å². The first-order valence-corrected chi connectivity index (χ1v) is 17.2. The van der Waals surface area contributed by atoms with E-state index in [9.17, 15) is 39.2 Å². The van der Waals surface area contributed by atoms with Gasteiger partial charge in [-0.25, -0.2) is 4.39 Å². The molecule has 0 fully saturated rings. The molecule has 1 amide bonds. The molecule has 272 valence electrons. The van der Waals surface area contributed by atoms with Crippen molar-refractivity contribution in [3.63, 3.8) is 0 Å². The van der Waals surface area contributed by atoms with Gasteiger partial charge in [0, 0.05) is 36.3 Å². The predicted molar refractivity (Wildman–Crippen MR) is 193 cm³/mol. The summed E-state index contributed by atoms with van der Waals surface area (Å²) >= 11 is 0. The first kappa shape index (κ1) is 39.1. The molecule has 11 heteroatoms. The van der Waals surface area contributed by atoms with Crippen molar-refractivity contribution in [3.05, 3.63) is 102 Å². The summed E-state index contributed by atoms with van der Waals surface area (Å²) in [5.41, 5.74) is 4.60. The summed E-state index contributed by atoms with van der Waals surface area (Å²) in [5.74, 6) is -2.41. The monoisotopic (exact) mass is 702 g/mol. The highest BCUT2D eigenvalue weighted by Gasteiger charge is 2.31. The molecule has 0 unspecified atom stereocenters. The van der Waals surface area contributed by atoms with Crippen LogP contribution in [0.2, 0.25) is 0 Å². The highest BCUT2D eigenvalue weighted by atomic mass is 19.1. The Balaban J connectivity index is 1.59. The Bertz CT molecular complexity index is 1740. The second-order valence-electron chi connectivity index (χ2n) is 13.2. The number of ketones is 1. The number of para-hydroxylation sites is 1. The number of halogens is 1. The molecule has 0 bridgehead atoms. The molecule has 0 spiro atoms. The van der Waals surface area contributed by atoms with Gasteiger partial charge in [0.1, 0.15) is 11.6 Å². The average molecular weight is 703 g/mol. The van der Waals surface area contributed by atoms with E-state index < -0.39 is 42.6 Å². The van der Waals surface area contributed by atoms with Crippen molar-refractivity contribution in [1.82, 2.24) is 4.57 Å². The van der Waals surface area contributed by atoms with Crippen LogP contribution in [0.3, 0.4) is 0 Å². The number of benzene rings is 3. The number of carbonyl (C=O) groups excluding carboxylic acids is 2. The van der Waals surface area contributed by atoms with Crippen molar-refractivity contribution in [3.8, 4) is 22.4 Å². The summed E-state index contributed by atoms with van der Waals surface area (Å²) in [6.45, 7) is 4.19. The van der Waals surface area contributed by atoms with E-state index in [-0.39, 0.29) is 62.7 Å². The van der Waals surface area contributed by atoms with Gasteiger partial charge in [0.25, 0.3) is 5.91 Å². The van der Waals surface area contributed by atoms with Gasteiger partial charge in [-0.15, -0.1) is 0 Å². The van der Waals surface area contributed by atoms with E-state index >= 15 is 0 Å². The number of hydrogen-bond donors (Lipinski definition) is 6. The van der Waals surface area contributed by atoms with Crippen LogP contribution in [-0.4, -0.2) is 72.2 Å². The Labute approximate surface area is 297 Å². The van der Waals surface area contributed by atoms with Crippen LogP contribution in [0.1, 0.15) is 80.8 Å². The molecule has 1 aromatic heterocycles. The van der Waals surface area contributed by atoms with Crippen LogP contribution >= 0.6 is 0 Å². The third-order valence-electron chi connectivity index (χ3n) is 8.69. The summed E-state index contributed by atoms with van der Waals surface area (Å²) < 4.78 is 16.1. The molecular formula is C40H47FN2O8. The van der Waals surface area contributed by atoms with Crippen molar-refractivity contribution in [2.45, 2.75) is 95.7 Å². The highest BCUT2D eigenvalue weighted by Crippen LogP contribution is 2.42. The zero-order chi connectivity index (χ0) is 37.1. The van der Waals surface area contributed by atoms with Crippen LogP contribution in [0.15, 0.2) is 84.9 Å². The highest BCUT2D eigenvalue weighted by molar-refractivity contribution is 6.12. The maximum atomic E-state index is 14.2. The molecule has 0 aliphatic heterocycles. The Kier molecular flexibility index (Phi) is 14.2. The molecule has 0 saturated heterocycles. The molecule has 0 aliphatic rings. The van der Waals surface area contributed by atoms with E-state index in [0.29, 0.717) is 28.1 Å². The Morgan fingerprint density at radius 3 is 1.88 bits per heavy atom. The van der Waals surface area contributed by atoms with Gasteiger partial charge in [0.05, 0.1) is 42.1 Å². The number of aromatic nitrogens is 1. The Hall–Kier alpha value is -4.68. The normalized spacial score (nSPS) is 13.8. The summed E-state index contributed by atoms with van der Waals surface area (Å²) in [6.07, 6.45) is -5.40. The summed E-state index contributed by atoms with van der Waals surface area (Å²) in [5, 5.41) is 53.3. The van der Waals surface area contributed by atoms with Crippen molar-refractivity contribution in [2.75, 3.05) is 5.32 Å². The van der Waals surface area contributed by atoms with Crippen LogP contribution in [0.4, 0.5) is 10.1 Å². The van der Waals surface area contributed by atoms with Gasteiger partial charge in [-0.2, -0.15) is 0 Å². The molecule has 51 heavy (non-hydrogen) atoms. The van der Waals surface area contributed by atoms with E-state index in [1.807, 2.05) is 66.9 Å². The van der Waals surface area contributed by atoms with E-state index in [4.69, 9.17) is 5.11 Å². The number of Topliss-reactive ketones (excluding diaryl/α,β-unsaturated/α-hetero) is 1. The lowest BCUT2D eigenvalue weighted by Crippen LogP contribution is -2.24. The molecule has 4 rings (SSSR count). The van der Waals surface area contributed by atoms with Gasteiger partial charge in [-0.1, -0.05) is 62.4 Å². The molecule has 3 aromatic carbocycles. The number of aliphatic hydroxyl groups excluding tert-OH is 4. The number of carbonyl (C=O) groups is 3. The van der Waals surface area contributed by atoms with Crippen LogP contribution < -0.4 is 5.32 Å². The molecule has 0 aliphatic carbocycles. The fourth-order valence-corrected chi connectivity index (χ4v) is 6.41. The maximum Gasteiger partial charge on any atom is 0.305 e. The minimum atomic E-state index is -1.23. The number of nitrogens with zero attached hydrogens (tertiary/aromatic N) is 1. The number of carboxylic acids is 1. The van der Waals surface area contributed by atoms with Crippen LogP contribution in [0.25, 0.3) is 22.4 Å². The predicted octanol–water partition coefficient (Wildman–Crippen LogP) is 6.16. The molecule has 1 heterocycles. The first-order valence-electron chi connectivity index (χ1n) is 17.2. The van der Waals surface area contributed by atoms with Crippen LogP contribution in [0, 0.1) is 5.82 Å². The maximum absolute atomic E-state index is 14.2. The van der Waals surface area contributed by atoms with Crippen molar-refractivity contribution in [1.29, 1.82) is 0 Å². The Morgan fingerprint density at radius 1 is 0.725 bits per heavy atom. The van der Waals surface area contributed by atoms with Crippen LogP contribution in [0.5, 0.6) is 0 Å². The molecular weight excluding hydrogens is 655 g/mol. The van der Waals surface area contributed by atoms with Crippen LogP contribution in [-0.2, 0) is 16.1 Å². The first-order chi connectivity index (χ1) is 24.3. The number of aliphatic carboxylic acids is 1. The minimum absolute atomic E-state index is 0.00644. The minimum Gasteiger partial charge on any atom is -0.481 e. The van der Waals surface area contributed by atoms with E-state index in [1.165, 1.54) is 12.1 Å². The second-order valence-corrected chi connectivity index (χ2v) is 13.2. The number of carboxylic acid groups (broad SMARTS) is 1. The number of amides is 1. The number of rotatable bonds is 19. The lowest BCUT2D eigenvalue weighted by atomic mass is 9.94. The van der Waals surface area contributed by atoms with E-state index in [0.717, 1.165) is 11.3 Å². The lowest BCUT2D eigenvalue weighted by Gasteiger charge is -2.20. The van der Waals surface area contributed by atoms with E-state index in [1.54, 1.807) is 24.3 Å². The fraction of sp³-hybridized carbons (Fsp3) is 0.375. The number of anilines is 1. The third-order valence-corrected chi connectivity index (χ3v) is 8.69. The third kappa shape index (κ3) is 11.2. The quantitative estimate of drug-likeness (QED) is 0.0675. The van der Waals surface area contributed by atoms with Gasteiger partial charge in [-0.05, 0) is 79.1 Å². The standard InChI is InChI=1S/C40H47FN2O8/c1-25(2)38-37(40(51)42-29-11-7-4-8-12-29)36(26-9-5-3-6-10-26)39(27-13-15-28(41)16-14-27)43(38)20-19-32(46)23-33(47)21-30(44)17-18-31(45)22-34(48)24-35(49)50/h3-16,25,31-34,45-48H,17-24H2,1-2H3,(H,42,51)(H,49,50)/t31-,32-,33+,34-/m1/s1. The largest absolute Gasteiger partial charge is 0.481 e. The zero-order valence-electron chi connectivity index (χ0n) is 28.9. The molecule has 0 saturated carbocycles. The van der Waals surface area contributed by atoms with Gasteiger partial charge in [0.15, 0.2) is 0 Å². The van der Waals surface area contributed by atoms with Crippen molar-refractivity contribution in [2.24, 2.45) is 0 Å². The van der Waals surface area contributed by atoms with Crippen molar-refractivity contribution < 1.29 is 44.3 Å². The lowest BCUT2D eigenvalue weighted by molar-refractivity contribution is -0.139. The fourth-order valence-electron chi connectivity index (χ4n) is 6.41.